The SMILES string of the molecule is COc1ccc([C@@H]2CC(=O)c3c(cc(CO)c(CC=C(C)C)c3O)O2)c(C/C=C(\C)CCCC(C)(C)O)c1OC. The number of phenols is 1. The van der Waals surface area contributed by atoms with Crippen molar-refractivity contribution >= 4 is 5.78 Å². The highest BCUT2D eigenvalue weighted by atomic mass is 16.5. The van der Waals surface area contributed by atoms with E-state index in [0.29, 0.717) is 41.9 Å². The minimum absolute atomic E-state index is 0.0535. The molecule has 1 atom stereocenters. The molecule has 0 bridgehead atoms. The second-order valence-corrected chi connectivity index (χ2v) is 11.4. The Morgan fingerprint density at radius 2 is 1.80 bits per heavy atom. The smallest absolute Gasteiger partial charge is 0.174 e. The summed E-state index contributed by atoms with van der Waals surface area (Å²) >= 11 is 0. The molecule has 40 heavy (non-hydrogen) atoms. The van der Waals surface area contributed by atoms with E-state index in [2.05, 4.69) is 13.0 Å². The molecule has 1 aliphatic heterocycles. The molecule has 3 rings (SSSR count). The first kappa shape index (κ1) is 31.2. The largest absolute Gasteiger partial charge is 0.507 e. The lowest BCUT2D eigenvalue weighted by Crippen LogP contribution is -2.22. The van der Waals surface area contributed by atoms with E-state index < -0.39 is 11.7 Å². The second-order valence-electron chi connectivity index (χ2n) is 11.4. The van der Waals surface area contributed by atoms with Gasteiger partial charge in [-0.2, -0.15) is 0 Å². The van der Waals surface area contributed by atoms with E-state index >= 15 is 0 Å². The lowest BCUT2D eigenvalue weighted by Gasteiger charge is -2.29. The number of rotatable bonds is 12. The fraction of sp³-hybridized carbons (Fsp3) is 0.485. The van der Waals surface area contributed by atoms with Gasteiger partial charge in [-0.3, -0.25) is 4.79 Å². The molecule has 0 unspecified atom stereocenters. The van der Waals surface area contributed by atoms with Crippen LogP contribution in [0.2, 0.25) is 0 Å². The number of aliphatic hydroxyl groups excluding tert-OH is 1. The molecule has 0 aromatic heterocycles. The molecule has 2 aromatic carbocycles. The topological polar surface area (TPSA) is 105 Å². The average Bonchev–Trinajstić information content (AvgIpc) is 2.89. The zero-order valence-electron chi connectivity index (χ0n) is 24.9. The number of aliphatic hydroxyl groups is 2. The summed E-state index contributed by atoms with van der Waals surface area (Å²) in [7, 11) is 3.18. The summed E-state index contributed by atoms with van der Waals surface area (Å²) in [6, 6.07) is 5.37. The molecule has 3 N–H and O–H groups in total. The molecule has 218 valence electrons. The number of hydrogen-bond donors (Lipinski definition) is 3. The summed E-state index contributed by atoms with van der Waals surface area (Å²) in [6.45, 7) is 9.33. The molecule has 2 aromatic rings. The maximum absolute atomic E-state index is 13.4. The van der Waals surface area contributed by atoms with E-state index in [9.17, 15) is 20.1 Å². The van der Waals surface area contributed by atoms with Crippen molar-refractivity contribution in [3.8, 4) is 23.0 Å². The van der Waals surface area contributed by atoms with Gasteiger partial charge in [0, 0.05) is 16.7 Å². The number of Topliss-reactive ketones (excluding diaryl/α,β-unsaturated/α-hetero) is 1. The van der Waals surface area contributed by atoms with Crippen molar-refractivity contribution in [2.24, 2.45) is 0 Å². The first-order valence-corrected chi connectivity index (χ1v) is 13.8. The minimum atomic E-state index is -0.693. The van der Waals surface area contributed by atoms with Crippen LogP contribution in [0.25, 0.3) is 0 Å². The number of aromatic hydroxyl groups is 1. The molecule has 0 aliphatic carbocycles. The molecular formula is C33H44O7. The Bertz CT molecular complexity index is 1280. The number of carbonyl (C=O) groups excluding carboxylic acids is 1. The van der Waals surface area contributed by atoms with Gasteiger partial charge in [0.25, 0.3) is 0 Å². The summed E-state index contributed by atoms with van der Waals surface area (Å²) in [5.74, 6) is 1.09. The Balaban J connectivity index is 1.99. The Hall–Kier alpha value is -3.29. The highest BCUT2D eigenvalue weighted by Gasteiger charge is 2.34. The zero-order valence-corrected chi connectivity index (χ0v) is 24.9. The van der Waals surface area contributed by atoms with E-state index in [1.807, 2.05) is 39.8 Å². The number of phenolic OH excluding ortho intramolecular Hbond substituents is 1. The molecule has 0 saturated carbocycles. The monoisotopic (exact) mass is 552 g/mol. The van der Waals surface area contributed by atoms with Crippen molar-refractivity contribution in [2.75, 3.05) is 14.2 Å². The predicted octanol–water partition coefficient (Wildman–Crippen LogP) is 6.55. The molecule has 1 heterocycles. The number of carbonyl (C=O) groups is 1. The van der Waals surface area contributed by atoms with Gasteiger partial charge in [0.1, 0.15) is 23.2 Å². The second kappa shape index (κ2) is 13.4. The zero-order chi connectivity index (χ0) is 29.6. The van der Waals surface area contributed by atoms with Gasteiger partial charge in [-0.1, -0.05) is 29.4 Å². The van der Waals surface area contributed by atoms with Crippen molar-refractivity contribution in [3.05, 3.63) is 69.3 Å². The Morgan fingerprint density at radius 1 is 1.10 bits per heavy atom. The van der Waals surface area contributed by atoms with Gasteiger partial charge in [-0.25, -0.2) is 0 Å². The number of benzene rings is 2. The quantitative estimate of drug-likeness (QED) is 0.257. The van der Waals surface area contributed by atoms with Gasteiger partial charge >= 0.3 is 0 Å². The predicted molar refractivity (Wildman–Crippen MR) is 157 cm³/mol. The lowest BCUT2D eigenvalue weighted by molar-refractivity contribution is 0.0689. The van der Waals surface area contributed by atoms with Crippen molar-refractivity contribution in [3.63, 3.8) is 0 Å². The van der Waals surface area contributed by atoms with Gasteiger partial charge in [0.05, 0.1) is 32.8 Å². The van der Waals surface area contributed by atoms with E-state index in [4.69, 9.17) is 14.2 Å². The fourth-order valence-electron chi connectivity index (χ4n) is 5.11. The standard InChI is InChI=1S/C33H44O7/c1-20(2)10-12-23-22(19-34)17-29-30(31(23)36)26(35)18-28(40-29)24-14-15-27(38-6)32(39-7)25(24)13-11-21(3)9-8-16-33(4,5)37/h10-11,14-15,17,28,34,36-37H,8-9,12-13,16,18-19H2,1-7H3/b21-11+/t28-/m0/s1. The summed E-state index contributed by atoms with van der Waals surface area (Å²) in [5.41, 5.74) is 4.46. The van der Waals surface area contributed by atoms with Crippen molar-refractivity contribution in [1.82, 2.24) is 0 Å². The third-order valence-corrected chi connectivity index (χ3v) is 7.31. The summed E-state index contributed by atoms with van der Waals surface area (Å²) in [6.07, 6.45) is 6.93. The first-order valence-electron chi connectivity index (χ1n) is 13.8. The van der Waals surface area contributed by atoms with Gasteiger partial charge < -0.3 is 29.5 Å². The Kier molecular flexibility index (Phi) is 10.4. The van der Waals surface area contributed by atoms with Gasteiger partial charge in [-0.05, 0) is 84.4 Å². The normalized spacial score (nSPS) is 15.4. The molecule has 0 spiro atoms. The highest BCUT2D eigenvalue weighted by Crippen LogP contribution is 2.45. The van der Waals surface area contributed by atoms with E-state index in [1.165, 1.54) is 5.57 Å². The van der Waals surface area contributed by atoms with Crippen LogP contribution in [-0.2, 0) is 19.4 Å². The maximum Gasteiger partial charge on any atom is 0.174 e. The lowest BCUT2D eigenvalue weighted by atomic mass is 9.88. The number of allylic oxidation sites excluding steroid dienone is 4. The average molecular weight is 553 g/mol. The van der Waals surface area contributed by atoms with Crippen molar-refractivity contribution in [1.29, 1.82) is 0 Å². The van der Waals surface area contributed by atoms with Gasteiger partial charge in [0.15, 0.2) is 17.3 Å². The van der Waals surface area contributed by atoms with Crippen LogP contribution in [0, 0.1) is 0 Å². The van der Waals surface area contributed by atoms with Crippen LogP contribution in [0.3, 0.4) is 0 Å². The number of fused-ring (bicyclic) bond motifs is 1. The fourth-order valence-corrected chi connectivity index (χ4v) is 5.11. The number of methoxy groups -OCH3 is 2. The van der Waals surface area contributed by atoms with Crippen LogP contribution in [-0.4, -0.2) is 40.9 Å². The van der Waals surface area contributed by atoms with Crippen molar-refractivity contribution < 1.29 is 34.3 Å². The van der Waals surface area contributed by atoms with E-state index in [1.54, 1.807) is 26.4 Å². The molecule has 7 nitrogen and oxygen atoms in total. The molecule has 0 radical (unpaired) electrons. The molecule has 0 amide bonds. The summed E-state index contributed by atoms with van der Waals surface area (Å²) in [5, 5.41) is 31.1. The van der Waals surface area contributed by atoms with E-state index in [-0.39, 0.29) is 35.9 Å². The third kappa shape index (κ3) is 7.46. The van der Waals surface area contributed by atoms with Crippen LogP contribution < -0.4 is 14.2 Å². The third-order valence-electron chi connectivity index (χ3n) is 7.31. The van der Waals surface area contributed by atoms with Crippen LogP contribution in [0.4, 0.5) is 0 Å². The Labute approximate surface area is 238 Å². The number of hydrogen-bond acceptors (Lipinski definition) is 7. The number of ketones is 1. The Morgan fingerprint density at radius 3 is 2.40 bits per heavy atom. The van der Waals surface area contributed by atoms with Crippen LogP contribution in [0.5, 0.6) is 23.0 Å². The maximum atomic E-state index is 13.4. The highest BCUT2D eigenvalue weighted by molar-refractivity contribution is 6.03. The van der Waals surface area contributed by atoms with Crippen LogP contribution in [0.15, 0.2) is 41.5 Å². The van der Waals surface area contributed by atoms with E-state index in [0.717, 1.165) is 29.5 Å². The van der Waals surface area contributed by atoms with Crippen molar-refractivity contribution in [2.45, 2.75) is 91.5 Å². The van der Waals surface area contributed by atoms with Crippen LogP contribution >= 0.6 is 0 Å². The van der Waals surface area contributed by atoms with Gasteiger partial charge in [0.2, 0.25) is 0 Å². The molecule has 0 fully saturated rings. The molecule has 7 heteroatoms. The molecule has 1 aliphatic rings. The number of ether oxygens (including phenoxy) is 3. The molecule has 0 saturated heterocycles. The first-order chi connectivity index (χ1) is 18.9. The minimum Gasteiger partial charge on any atom is -0.507 e. The molecular weight excluding hydrogens is 508 g/mol. The van der Waals surface area contributed by atoms with Gasteiger partial charge in [-0.15, -0.1) is 0 Å². The van der Waals surface area contributed by atoms with Crippen LogP contribution in [0.1, 0.15) is 99.0 Å². The summed E-state index contributed by atoms with van der Waals surface area (Å²) in [4.78, 5) is 13.4. The summed E-state index contributed by atoms with van der Waals surface area (Å²) < 4.78 is 17.7.